The van der Waals surface area contributed by atoms with Crippen molar-refractivity contribution in [3.63, 3.8) is 0 Å². The monoisotopic (exact) mass is 289 g/mol. The molecule has 1 unspecified atom stereocenters. The average Bonchev–Trinajstić information content (AvgIpc) is 2.81. The molecule has 0 heterocycles. The average molecular weight is 290 g/mol. The first-order valence-corrected chi connectivity index (χ1v) is 6.04. The van der Waals surface area contributed by atoms with Crippen LogP contribution in [0, 0.1) is 0 Å². The molecule has 0 spiro atoms. The van der Waals surface area contributed by atoms with Crippen molar-refractivity contribution in [1.29, 1.82) is 0 Å². The maximum atomic E-state index is 13.6. The maximum Gasteiger partial charge on any atom is 0.253 e. The Hall–Kier alpha value is -0.480. The van der Waals surface area contributed by atoms with Crippen LogP contribution in [0.3, 0.4) is 0 Å². The van der Waals surface area contributed by atoms with Crippen LogP contribution >= 0.6 is 15.9 Å². The molecule has 1 atom stereocenters. The van der Waals surface area contributed by atoms with E-state index in [4.69, 9.17) is 5.73 Å². The van der Waals surface area contributed by atoms with Gasteiger partial charge in [-0.05, 0) is 30.5 Å². The van der Waals surface area contributed by atoms with Gasteiger partial charge in [0.2, 0.25) is 0 Å². The van der Waals surface area contributed by atoms with Gasteiger partial charge in [0, 0.05) is 16.9 Å². The van der Waals surface area contributed by atoms with Gasteiger partial charge in [-0.15, -0.1) is 0 Å². The molecule has 1 nitrogen and oxygen atoms in total. The van der Waals surface area contributed by atoms with Crippen LogP contribution in [0.15, 0.2) is 28.7 Å². The smallest absolute Gasteiger partial charge is 0.253 e. The molecular weight excluding hydrogens is 276 g/mol. The summed E-state index contributed by atoms with van der Waals surface area (Å²) in [6.45, 7) is 0.950. The highest BCUT2D eigenvalue weighted by atomic mass is 79.9. The summed E-state index contributed by atoms with van der Waals surface area (Å²) in [5.74, 6) is -3.68. The largest absolute Gasteiger partial charge is 0.324 e. The highest BCUT2D eigenvalue weighted by Gasteiger charge is 2.55. The zero-order valence-electron chi connectivity index (χ0n) is 9.01. The standard InChI is InChI=1S/C12H14BrF2N/c1-11(14,15)10(12(16)5-6-12)8-3-2-4-9(13)7-8/h2-4,7,10H,5-6,16H2,1H3. The number of halogens is 3. The SMILES string of the molecule is CC(F)(F)C(c1cccc(Br)c1)C1(N)CC1. The Balaban J connectivity index is 2.40. The summed E-state index contributed by atoms with van der Waals surface area (Å²) in [5.41, 5.74) is 5.85. The molecular formula is C12H14BrF2N. The van der Waals surface area contributed by atoms with Gasteiger partial charge in [-0.1, -0.05) is 28.1 Å². The molecule has 0 amide bonds. The van der Waals surface area contributed by atoms with Gasteiger partial charge in [0.25, 0.3) is 5.92 Å². The van der Waals surface area contributed by atoms with E-state index in [9.17, 15) is 8.78 Å². The quantitative estimate of drug-likeness (QED) is 0.903. The van der Waals surface area contributed by atoms with Crippen LogP contribution in [0.4, 0.5) is 8.78 Å². The lowest BCUT2D eigenvalue weighted by Crippen LogP contribution is -2.40. The van der Waals surface area contributed by atoms with Crippen molar-refractivity contribution in [3.05, 3.63) is 34.3 Å². The highest BCUT2D eigenvalue weighted by molar-refractivity contribution is 9.10. The minimum Gasteiger partial charge on any atom is -0.324 e. The van der Waals surface area contributed by atoms with Gasteiger partial charge in [0.1, 0.15) is 0 Å². The summed E-state index contributed by atoms with van der Waals surface area (Å²) in [6.07, 6.45) is 1.35. The predicted molar refractivity (Wildman–Crippen MR) is 63.7 cm³/mol. The summed E-state index contributed by atoms with van der Waals surface area (Å²) in [4.78, 5) is 0. The Morgan fingerprint density at radius 3 is 2.50 bits per heavy atom. The minimum absolute atomic E-state index is 0.613. The topological polar surface area (TPSA) is 26.0 Å². The lowest BCUT2D eigenvalue weighted by Gasteiger charge is -2.29. The molecule has 1 fully saturated rings. The molecule has 1 saturated carbocycles. The number of hydrogen-bond donors (Lipinski definition) is 1. The van der Waals surface area contributed by atoms with E-state index >= 15 is 0 Å². The van der Waals surface area contributed by atoms with Gasteiger partial charge in [-0.25, -0.2) is 8.78 Å². The fourth-order valence-corrected chi connectivity index (χ4v) is 2.67. The van der Waals surface area contributed by atoms with E-state index in [1.165, 1.54) is 0 Å². The zero-order chi connectivity index (χ0) is 12.0. The summed E-state index contributed by atoms with van der Waals surface area (Å²) >= 11 is 3.30. The van der Waals surface area contributed by atoms with Crippen molar-refractivity contribution in [3.8, 4) is 0 Å². The molecule has 0 aromatic heterocycles. The third-order valence-electron chi connectivity index (χ3n) is 3.09. The van der Waals surface area contributed by atoms with E-state index in [1.54, 1.807) is 18.2 Å². The number of hydrogen-bond acceptors (Lipinski definition) is 1. The third kappa shape index (κ3) is 2.28. The maximum absolute atomic E-state index is 13.6. The number of alkyl halides is 2. The Morgan fingerprint density at radius 1 is 1.44 bits per heavy atom. The molecule has 0 aliphatic heterocycles. The zero-order valence-corrected chi connectivity index (χ0v) is 10.6. The Morgan fingerprint density at radius 2 is 2.06 bits per heavy atom. The number of nitrogens with two attached hydrogens (primary N) is 1. The van der Waals surface area contributed by atoms with Gasteiger partial charge < -0.3 is 5.73 Å². The van der Waals surface area contributed by atoms with E-state index in [0.29, 0.717) is 18.4 Å². The molecule has 88 valence electrons. The summed E-state index contributed by atoms with van der Waals surface area (Å²) < 4.78 is 28.1. The fourth-order valence-electron chi connectivity index (χ4n) is 2.25. The molecule has 0 bridgehead atoms. The molecule has 1 aliphatic rings. The number of rotatable bonds is 3. The first kappa shape index (κ1) is 12.0. The molecule has 1 aromatic rings. The third-order valence-corrected chi connectivity index (χ3v) is 3.58. The minimum atomic E-state index is -2.79. The van der Waals surface area contributed by atoms with Crippen LogP contribution in [0.25, 0.3) is 0 Å². The van der Waals surface area contributed by atoms with Crippen LogP contribution in [-0.2, 0) is 0 Å². The van der Waals surface area contributed by atoms with Crippen molar-refractivity contribution >= 4 is 15.9 Å². The van der Waals surface area contributed by atoms with Gasteiger partial charge in [-0.2, -0.15) is 0 Å². The van der Waals surface area contributed by atoms with Crippen LogP contribution in [0.2, 0.25) is 0 Å². The van der Waals surface area contributed by atoms with E-state index in [0.717, 1.165) is 11.4 Å². The van der Waals surface area contributed by atoms with Crippen molar-refractivity contribution in [2.75, 3.05) is 0 Å². The molecule has 1 aliphatic carbocycles. The summed E-state index contributed by atoms with van der Waals surface area (Å²) in [6, 6.07) is 7.04. The van der Waals surface area contributed by atoms with Crippen molar-refractivity contribution in [2.45, 2.75) is 37.1 Å². The van der Waals surface area contributed by atoms with E-state index in [-0.39, 0.29) is 0 Å². The lowest BCUT2D eigenvalue weighted by atomic mass is 9.85. The van der Waals surface area contributed by atoms with Crippen molar-refractivity contribution in [2.24, 2.45) is 5.73 Å². The Kier molecular flexibility index (Phi) is 2.83. The van der Waals surface area contributed by atoms with Gasteiger partial charge >= 0.3 is 0 Å². The van der Waals surface area contributed by atoms with Crippen molar-refractivity contribution in [1.82, 2.24) is 0 Å². The molecule has 0 radical (unpaired) electrons. The lowest BCUT2D eigenvalue weighted by molar-refractivity contribution is -0.0195. The highest BCUT2D eigenvalue weighted by Crippen LogP contribution is 2.52. The van der Waals surface area contributed by atoms with Gasteiger partial charge in [-0.3, -0.25) is 0 Å². The second kappa shape index (κ2) is 3.77. The van der Waals surface area contributed by atoms with Crippen LogP contribution < -0.4 is 5.73 Å². The summed E-state index contributed by atoms with van der Waals surface area (Å²) in [5, 5.41) is 0. The molecule has 1 aromatic carbocycles. The second-order valence-corrected chi connectivity index (χ2v) is 5.59. The second-order valence-electron chi connectivity index (χ2n) is 4.68. The van der Waals surface area contributed by atoms with Crippen LogP contribution in [0.1, 0.15) is 31.2 Å². The first-order chi connectivity index (χ1) is 7.33. The molecule has 2 rings (SSSR count). The van der Waals surface area contributed by atoms with E-state index < -0.39 is 17.4 Å². The van der Waals surface area contributed by atoms with Crippen molar-refractivity contribution < 1.29 is 8.78 Å². The van der Waals surface area contributed by atoms with E-state index in [1.807, 2.05) is 6.07 Å². The Bertz CT molecular complexity index is 391. The van der Waals surface area contributed by atoms with Crippen LogP contribution in [-0.4, -0.2) is 11.5 Å². The van der Waals surface area contributed by atoms with E-state index in [2.05, 4.69) is 15.9 Å². The molecule has 0 saturated heterocycles. The fraction of sp³-hybridized carbons (Fsp3) is 0.500. The molecule has 2 N–H and O–H groups in total. The molecule has 4 heteroatoms. The number of benzene rings is 1. The van der Waals surface area contributed by atoms with Crippen LogP contribution in [0.5, 0.6) is 0 Å². The Labute approximate surface area is 102 Å². The summed E-state index contributed by atoms with van der Waals surface area (Å²) in [7, 11) is 0. The molecule has 16 heavy (non-hydrogen) atoms. The normalized spacial score (nSPS) is 20.6. The van der Waals surface area contributed by atoms with Gasteiger partial charge in [0.05, 0.1) is 5.92 Å². The van der Waals surface area contributed by atoms with Gasteiger partial charge in [0.15, 0.2) is 0 Å². The first-order valence-electron chi connectivity index (χ1n) is 5.25. The predicted octanol–water partition coefficient (Wildman–Crippen LogP) is 3.68.